The van der Waals surface area contributed by atoms with Crippen LogP contribution in [-0.4, -0.2) is 38.6 Å². The average molecular weight is 390 g/mol. The lowest BCUT2D eigenvalue weighted by molar-refractivity contribution is -0.117. The van der Waals surface area contributed by atoms with Crippen LogP contribution in [0.3, 0.4) is 0 Å². The highest BCUT2D eigenvalue weighted by molar-refractivity contribution is 5.96. The van der Waals surface area contributed by atoms with E-state index in [2.05, 4.69) is 27.7 Å². The summed E-state index contributed by atoms with van der Waals surface area (Å²) >= 11 is 0. The number of carbonyl (C=O) groups excluding carboxylic acids is 2. The summed E-state index contributed by atoms with van der Waals surface area (Å²) in [5.41, 5.74) is 3.60. The van der Waals surface area contributed by atoms with Gasteiger partial charge in [0.05, 0.1) is 0 Å². The van der Waals surface area contributed by atoms with E-state index in [1.807, 2.05) is 36.4 Å². The highest BCUT2D eigenvalue weighted by Gasteiger charge is 2.21. The Hall–Kier alpha value is -3.55. The molecular formula is C21H22N6O2. The van der Waals surface area contributed by atoms with Crippen LogP contribution in [0.5, 0.6) is 0 Å². The Morgan fingerprint density at radius 3 is 2.52 bits per heavy atom. The van der Waals surface area contributed by atoms with E-state index in [1.54, 1.807) is 17.0 Å². The molecule has 0 bridgehead atoms. The number of carbonyl (C=O) groups is 2. The van der Waals surface area contributed by atoms with Gasteiger partial charge < -0.3 is 10.2 Å². The first-order chi connectivity index (χ1) is 14.1. The molecule has 4 rings (SSSR count). The summed E-state index contributed by atoms with van der Waals surface area (Å²) < 4.78 is 0. The van der Waals surface area contributed by atoms with Crippen LogP contribution in [0.25, 0.3) is 11.4 Å². The fourth-order valence-electron chi connectivity index (χ4n) is 3.29. The van der Waals surface area contributed by atoms with Gasteiger partial charge in [0.25, 0.3) is 0 Å². The maximum atomic E-state index is 12.3. The first-order valence-electron chi connectivity index (χ1n) is 9.70. The lowest BCUT2D eigenvalue weighted by Crippen LogP contribution is -2.23. The monoisotopic (exact) mass is 390 g/mol. The summed E-state index contributed by atoms with van der Waals surface area (Å²) in [4.78, 5) is 27.1. The largest absolute Gasteiger partial charge is 0.324 e. The van der Waals surface area contributed by atoms with Gasteiger partial charge in [-0.15, -0.1) is 10.2 Å². The second-order valence-electron chi connectivity index (χ2n) is 6.94. The van der Waals surface area contributed by atoms with Gasteiger partial charge in [-0.2, -0.15) is 4.80 Å². The molecule has 1 aliphatic rings. The smallest absolute Gasteiger partial charge is 0.248 e. The van der Waals surface area contributed by atoms with E-state index in [9.17, 15) is 9.59 Å². The zero-order valence-corrected chi connectivity index (χ0v) is 16.2. The van der Waals surface area contributed by atoms with Crippen LogP contribution in [0.4, 0.5) is 11.4 Å². The molecule has 8 heteroatoms. The Balaban J connectivity index is 1.36. The van der Waals surface area contributed by atoms with Gasteiger partial charge in [-0.25, -0.2) is 0 Å². The standard InChI is InChI=1S/C21H22N6O2/c1-2-15-5-7-16(8-6-15)21-23-25-27(24-21)14-19(28)22-17-9-11-18(12-10-17)26-13-3-4-20(26)29/h5-12H,2-4,13-14H2,1H3,(H,22,28). The molecule has 1 fully saturated rings. The number of nitrogens with zero attached hydrogens (tertiary/aromatic N) is 5. The Morgan fingerprint density at radius 2 is 1.86 bits per heavy atom. The predicted octanol–water partition coefficient (Wildman–Crippen LogP) is 2.67. The van der Waals surface area contributed by atoms with Crippen molar-refractivity contribution in [3.8, 4) is 11.4 Å². The zero-order valence-electron chi connectivity index (χ0n) is 16.2. The molecule has 2 aromatic carbocycles. The number of rotatable bonds is 6. The van der Waals surface area contributed by atoms with Crippen molar-refractivity contribution in [3.05, 3.63) is 54.1 Å². The molecule has 8 nitrogen and oxygen atoms in total. The normalized spacial score (nSPS) is 13.7. The fourth-order valence-corrected chi connectivity index (χ4v) is 3.29. The molecule has 29 heavy (non-hydrogen) atoms. The van der Waals surface area contributed by atoms with Crippen LogP contribution >= 0.6 is 0 Å². The van der Waals surface area contributed by atoms with Crippen LogP contribution in [0.2, 0.25) is 0 Å². The molecule has 0 aliphatic carbocycles. The molecule has 0 unspecified atom stereocenters. The van der Waals surface area contributed by atoms with Gasteiger partial charge in [0.2, 0.25) is 17.6 Å². The van der Waals surface area contributed by atoms with Crippen molar-refractivity contribution in [2.45, 2.75) is 32.7 Å². The first-order valence-corrected chi connectivity index (χ1v) is 9.70. The number of anilines is 2. The van der Waals surface area contributed by atoms with Crippen LogP contribution in [0.1, 0.15) is 25.3 Å². The van der Waals surface area contributed by atoms with Gasteiger partial charge >= 0.3 is 0 Å². The third-order valence-electron chi connectivity index (χ3n) is 4.89. The number of aryl methyl sites for hydroxylation is 1. The minimum atomic E-state index is -0.250. The number of nitrogens with one attached hydrogen (secondary N) is 1. The molecule has 0 atom stereocenters. The molecule has 0 spiro atoms. The van der Waals surface area contributed by atoms with Crippen molar-refractivity contribution < 1.29 is 9.59 Å². The van der Waals surface area contributed by atoms with Gasteiger partial charge in [-0.3, -0.25) is 9.59 Å². The highest BCUT2D eigenvalue weighted by Crippen LogP contribution is 2.23. The molecular weight excluding hydrogens is 368 g/mol. The lowest BCUT2D eigenvalue weighted by atomic mass is 10.1. The minimum Gasteiger partial charge on any atom is -0.324 e. The summed E-state index contributed by atoms with van der Waals surface area (Å²) in [5, 5.41) is 15.1. The molecule has 0 saturated carbocycles. The van der Waals surface area contributed by atoms with Crippen molar-refractivity contribution >= 4 is 23.2 Å². The highest BCUT2D eigenvalue weighted by atomic mass is 16.2. The minimum absolute atomic E-state index is 0.0353. The molecule has 0 radical (unpaired) electrons. The summed E-state index contributed by atoms with van der Waals surface area (Å²) in [7, 11) is 0. The summed E-state index contributed by atoms with van der Waals surface area (Å²) in [5.74, 6) is 0.375. The number of hydrogen-bond donors (Lipinski definition) is 1. The van der Waals surface area contributed by atoms with E-state index in [0.29, 0.717) is 17.9 Å². The predicted molar refractivity (Wildman–Crippen MR) is 109 cm³/mol. The Kier molecular flexibility index (Phi) is 5.33. The molecule has 3 aromatic rings. The molecule has 1 saturated heterocycles. The SMILES string of the molecule is CCc1ccc(-c2nnn(CC(=O)Nc3ccc(N4CCCC4=O)cc3)n2)cc1. The van der Waals surface area contributed by atoms with Crippen LogP contribution < -0.4 is 10.2 Å². The van der Waals surface area contributed by atoms with Crippen LogP contribution in [-0.2, 0) is 22.6 Å². The maximum absolute atomic E-state index is 12.3. The summed E-state index contributed by atoms with van der Waals surface area (Å²) in [6, 6.07) is 15.2. The van der Waals surface area contributed by atoms with Crippen molar-refractivity contribution in [1.29, 1.82) is 0 Å². The van der Waals surface area contributed by atoms with Gasteiger partial charge in [0.1, 0.15) is 6.54 Å². The van der Waals surface area contributed by atoms with Gasteiger partial charge in [0, 0.05) is 29.9 Å². The van der Waals surface area contributed by atoms with Crippen molar-refractivity contribution in [1.82, 2.24) is 20.2 Å². The average Bonchev–Trinajstić information content (AvgIpc) is 3.38. The molecule has 1 aromatic heterocycles. The first kappa shape index (κ1) is 18.8. The van der Waals surface area contributed by atoms with E-state index in [4.69, 9.17) is 0 Å². The Bertz CT molecular complexity index is 1010. The Labute approximate surface area is 168 Å². The second-order valence-corrected chi connectivity index (χ2v) is 6.94. The number of amides is 2. The van der Waals surface area contributed by atoms with Gasteiger partial charge in [0.15, 0.2) is 0 Å². The second kappa shape index (κ2) is 8.22. The topological polar surface area (TPSA) is 93.0 Å². The molecule has 1 N–H and O–H groups in total. The molecule has 2 heterocycles. The van der Waals surface area contributed by atoms with Crippen molar-refractivity contribution in [3.63, 3.8) is 0 Å². The fraction of sp³-hybridized carbons (Fsp3) is 0.286. The Morgan fingerprint density at radius 1 is 1.10 bits per heavy atom. The number of hydrogen-bond acceptors (Lipinski definition) is 5. The molecule has 2 amide bonds. The van der Waals surface area contributed by atoms with E-state index in [0.717, 1.165) is 30.6 Å². The molecule has 1 aliphatic heterocycles. The number of benzene rings is 2. The summed E-state index contributed by atoms with van der Waals surface area (Å²) in [6.07, 6.45) is 2.44. The lowest BCUT2D eigenvalue weighted by Gasteiger charge is -2.16. The maximum Gasteiger partial charge on any atom is 0.248 e. The van der Waals surface area contributed by atoms with E-state index < -0.39 is 0 Å². The number of aromatic nitrogens is 4. The van der Waals surface area contributed by atoms with E-state index >= 15 is 0 Å². The molecule has 148 valence electrons. The third-order valence-corrected chi connectivity index (χ3v) is 4.89. The quantitative estimate of drug-likeness (QED) is 0.698. The van der Waals surface area contributed by atoms with Crippen LogP contribution in [0.15, 0.2) is 48.5 Å². The van der Waals surface area contributed by atoms with Crippen LogP contribution in [0, 0.1) is 0 Å². The van der Waals surface area contributed by atoms with E-state index in [1.165, 1.54) is 10.4 Å². The van der Waals surface area contributed by atoms with Gasteiger partial charge in [-0.05, 0) is 47.9 Å². The van der Waals surface area contributed by atoms with E-state index in [-0.39, 0.29) is 18.4 Å². The summed E-state index contributed by atoms with van der Waals surface area (Å²) in [6.45, 7) is 2.81. The third kappa shape index (κ3) is 4.31. The van der Waals surface area contributed by atoms with Crippen molar-refractivity contribution in [2.75, 3.05) is 16.8 Å². The van der Waals surface area contributed by atoms with Gasteiger partial charge in [-0.1, -0.05) is 31.2 Å². The zero-order chi connectivity index (χ0) is 20.2. The number of tetrazole rings is 1. The van der Waals surface area contributed by atoms with Crippen molar-refractivity contribution in [2.24, 2.45) is 0 Å².